The van der Waals surface area contributed by atoms with Crippen molar-refractivity contribution in [3.8, 4) is 0 Å². The van der Waals surface area contributed by atoms with E-state index in [0.29, 0.717) is 0 Å². The maximum atomic E-state index is 4.11. The van der Waals surface area contributed by atoms with Gasteiger partial charge in [-0.2, -0.15) is 0 Å². The van der Waals surface area contributed by atoms with Gasteiger partial charge in [-0.05, 0) is 0 Å². The molecule has 1 aromatic rings. The highest BCUT2D eigenvalue weighted by atomic mass is 32.1. The Labute approximate surface area is 64.6 Å². The predicted molar refractivity (Wildman–Crippen MR) is 44.0 cm³/mol. The van der Waals surface area contributed by atoms with Crippen LogP contribution in [0.4, 0.5) is 0 Å². The van der Waals surface area contributed by atoms with E-state index in [4.69, 9.17) is 0 Å². The number of hydrogen-bond acceptors (Lipinski definition) is 3. The molecular weight excluding hydrogens is 144 g/mol. The monoisotopic (exact) mass is 154 g/mol. The minimum absolute atomic E-state index is 0.847. The van der Waals surface area contributed by atoms with E-state index in [-0.39, 0.29) is 0 Å². The van der Waals surface area contributed by atoms with Gasteiger partial charge in [0, 0.05) is 24.7 Å². The average molecular weight is 154 g/mol. The second kappa shape index (κ2) is 4.19. The Balaban J connectivity index is 2.21. The summed E-state index contributed by atoms with van der Waals surface area (Å²) >= 11 is 1.67. The first-order chi connectivity index (χ1) is 4.93. The van der Waals surface area contributed by atoms with Gasteiger partial charge in [0.2, 0.25) is 0 Å². The molecule has 1 N–H and O–H groups in total. The summed E-state index contributed by atoms with van der Waals surface area (Å²) in [6.07, 6.45) is 3.66. The lowest BCUT2D eigenvalue weighted by atomic mass is 10.6. The molecule has 0 spiro atoms. The molecule has 2 nitrogen and oxygen atoms in total. The van der Waals surface area contributed by atoms with Crippen molar-refractivity contribution in [3.63, 3.8) is 0 Å². The van der Waals surface area contributed by atoms with Crippen LogP contribution in [0.5, 0.6) is 0 Å². The highest BCUT2D eigenvalue weighted by Gasteiger charge is 1.90. The molecule has 0 unspecified atom stereocenters. The molecule has 54 valence electrons. The zero-order valence-corrected chi connectivity index (χ0v) is 6.53. The molecule has 0 saturated heterocycles. The molecule has 3 heteroatoms. The number of aromatic nitrogens is 1. The summed E-state index contributed by atoms with van der Waals surface area (Å²) in [7, 11) is 0. The fraction of sp³-hybridized carbons (Fsp3) is 0.286. The summed E-state index contributed by atoms with van der Waals surface area (Å²) in [5.41, 5.74) is 0. The Morgan fingerprint density at radius 3 is 3.30 bits per heavy atom. The normalized spacial score (nSPS) is 9.60. The van der Waals surface area contributed by atoms with E-state index in [1.54, 1.807) is 11.3 Å². The minimum Gasteiger partial charge on any atom is -0.307 e. The Kier molecular flexibility index (Phi) is 3.12. The van der Waals surface area contributed by atoms with Crippen molar-refractivity contribution in [2.75, 3.05) is 6.54 Å². The summed E-state index contributed by atoms with van der Waals surface area (Å²) in [5.74, 6) is 0. The molecule has 1 aromatic heterocycles. The SMILES string of the molecule is C=CCNCc1nccs1. The van der Waals surface area contributed by atoms with Gasteiger partial charge in [0.15, 0.2) is 0 Å². The lowest BCUT2D eigenvalue weighted by molar-refractivity contribution is 0.755. The standard InChI is InChI=1S/C7H10N2S/c1-2-3-8-6-7-9-4-5-10-7/h2,4-5,8H,1,3,6H2. The number of rotatable bonds is 4. The molecule has 0 fully saturated rings. The topological polar surface area (TPSA) is 24.9 Å². The van der Waals surface area contributed by atoms with Crippen LogP contribution in [0.2, 0.25) is 0 Å². The summed E-state index contributed by atoms with van der Waals surface area (Å²) in [6.45, 7) is 5.30. The maximum absolute atomic E-state index is 4.11. The quantitative estimate of drug-likeness (QED) is 0.524. The fourth-order valence-electron chi connectivity index (χ4n) is 0.621. The average Bonchev–Trinajstić information content (AvgIpc) is 2.41. The summed E-state index contributed by atoms with van der Waals surface area (Å²) < 4.78 is 0. The highest BCUT2D eigenvalue weighted by molar-refractivity contribution is 7.09. The highest BCUT2D eigenvalue weighted by Crippen LogP contribution is 2.01. The van der Waals surface area contributed by atoms with Crippen LogP contribution in [0.3, 0.4) is 0 Å². The number of hydrogen-bond donors (Lipinski definition) is 1. The lowest BCUT2D eigenvalue weighted by Gasteiger charge is -1.94. The molecule has 0 aliphatic rings. The van der Waals surface area contributed by atoms with Crippen molar-refractivity contribution in [3.05, 3.63) is 29.2 Å². The third kappa shape index (κ3) is 2.29. The third-order valence-electron chi connectivity index (χ3n) is 1.05. The molecule has 0 radical (unpaired) electrons. The maximum Gasteiger partial charge on any atom is 0.106 e. The van der Waals surface area contributed by atoms with Crippen molar-refractivity contribution in [2.45, 2.75) is 6.54 Å². The molecular formula is C7H10N2S. The van der Waals surface area contributed by atoms with E-state index in [1.165, 1.54) is 0 Å². The Bertz CT molecular complexity index is 181. The molecule has 1 heterocycles. The molecule has 0 amide bonds. The van der Waals surface area contributed by atoms with Crippen molar-refractivity contribution < 1.29 is 0 Å². The molecule has 0 bridgehead atoms. The molecule has 0 aliphatic carbocycles. The predicted octanol–water partition coefficient (Wildman–Crippen LogP) is 1.42. The van der Waals surface area contributed by atoms with Crippen LogP contribution in [0.1, 0.15) is 5.01 Å². The molecule has 10 heavy (non-hydrogen) atoms. The zero-order valence-electron chi connectivity index (χ0n) is 5.71. The first-order valence-electron chi connectivity index (χ1n) is 3.13. The van der Waals surface area contributed by atoms with Gasteiger partial charge in [0.25, 0.3) is 0 Å². The van der Waals surface area contributed by atoms with Crippen LogP contribution in [0.15, 0.2) is 24.2 Å². The van der Waals surface area contributed by atoms with E-state index in [9.17, 15) is 0 Å². The van der Waals surface area contributed by atoms with Crippen LogP contribution in [-0.2, 0) is 6.54 Å². The molecule has 0 aliphatic heterocycles. The number of nitrogens with one attached hydrogen (secondary N) is 1. The van der Waals surface area contributed by atoms with Crippen molar-refractivity contribution >= 4 is 11.3 Å². The Morgan fingerprint density at radius 1 is 1.80 bits per heavy atom. The van der Waals surface area contributed by atoms with Gasteiger partial charge in [0.05, 0.1) is 0 Å². The summed E-state index contributed by atoms with van der Waals surface area (Å²) in [6, 6.07) is 0. The van der Waals surface area contributed by atoms with E-state index in [0.717, 1.165) is 18.1 Å². The van der Waals surface area contributed by atoms with E-state index in [2.05, 4.69) is 16.9 Å². The van der Waals surface area contributed by atoms with Gasteiger partial charge in [-0.3, -0.25) is 0 Å². The molecule has 0 saturated carbocycles. The fourth-order valence-corrected chi connectivity index (χ4v) is 1.21. The minimum atomic E-state index is 0.847. The van der Waals surface area contributed by atoms with Gasteiger partial charge >= 0.3 is 0 Å². The van der Waals surface area contributed by atoms with Crippen molar-refractivity contribution in [1.29, 1.82) is 0 Å². The van der Waals surface area contributed by atoms with Gasteiger partial charge in [-0.25, -0.2) is 4.98 Å². The van der Waals surface area contributed by atoms with Gasteiger partial charge in [-0.15, -0.1) is 17.9 Å². The smallest absolute Gasteiger partial charge is 0.106 e. The van der Waals surface area contributed by atoms with Gasteiger partial charge in [0.1, 0.15) is 5.01 Å². The van der Waals surface area contributed by atoms with E-state index >= 15 is 0 Å². The molecule has 0 aromatic carbocycles. The van der Waals surface area contributed by atoms with Gasteiger partial charge < -0.3 is 5.32 Å². The molecule has 1 rings (SSSR count). The van der Waals surface area contributed by atoms with Crippen LogP contribution in [0.25, 0.3) is 0 Å². The second-order valence-electron chi connectivity index (χ2n) is 1.85. The lowest BCUT2D eigenvalue weighted by Crippen LogP contribution is -2.11. The second-order valence-corrected chi connectivity index (χ2v) is 2.82. The van der Waals surface area contributed by atoms with Crippen molar-refractivity contribution in [1.82, 2.24) is 10.3 Å². The Morgan fingerprint density at radius 2 is 2.70 bits per heavy atom. The van der Waals surface area contributed by atoms with E-state index in [1.807, 2.05) is 17.7 Å². The van der Waals surface area contributed by atoms with Crippen LogP contribution in [0, 0.1) is 0 Å². The first-order valence-corrected chi connectivity index (χ1v) is 4.01. The zero-order chi connectivity index (χ0) is 7.23. The van der Waals surface area contributed by atoms with E-state index < -0.39 is 0 Å². The number of nitrogens with zero attached hydrogens (tertiary/aromatic N) is 1. The van der Waals surface area contributed by atoms with Crippen LogP contribution < -0.4 is 5.32 Å². The van der Waals surface area contributed by atoms with Crippen molar-refractivity contribution in [2.24, 2.45) is 0 Å². The number of thiazole rings is 1. The first kappa shape index (κ1) is 7.44. The summed E-state index contributed by atoms with van der Waals surface area (Å²) in [4.78, 5) is 4.11. The van der Waals surface area contributed by atoms with Crippen LogP contribution >= 0.6 is 11.3 Å². The largest absolute Gasteiger partial charge is 0.307 e. The third-order valence-corrected chi connectivity index (χ3v) is 1.83. The van der Waals surface area contributed by atoms with Gasteiger partial charge in [-0.1, -0.05) is 6.08 Å². The van der Waals surface area contributed by atoms with Crippen LogP contribution in [-0.4, -0.2) is 11.5 Å². The Hall–Kier alpha value is -0.670. The molecule has 0 atom stereocenters. The summed E-state index contributed by atoms with van der Waals surface area (Å²) in [5, 5.41) is 6.27.